The maximum absolute atomic E-state index is 5.52. The van der Waals surface area contributed by atoms with Gasteiger partial charge in [0.2, 0.25) is 0 Å². The van der Waals surface area contributed by atoms with E-state index in [1.165, 1.54) is 47.3 Å². The fraction of sp³-hybridized carbons (Fsp3) is 0.727. The van der Waals surface area contributed by atoms with Crippen LogP contribution in [-0.4, -0.2) is 92.5 Å². The molecule has 30 heavy (non-hydrogen) atoms. The number of fused-ring (bicyclic) bond motifs is 3. The maximum atomic E-state index is 5.52. The van der Waals surface area contributed by atoms with E-state index in [1.807, 2.05) is 11.3 Å². The number of morpholine rings is 1. The largest absolute Gasteiger partial charge is 0.383 e. The van der Waals surface area contributed by atoms with Crippen molar-refractivity contribution < 1.29 is 9.47 Å². The van der Waals surface area contributed by atoms with Crippen LogP contribution in [0, 0.1) is 0 Å². The summed E-state index contributed by atoms with van der Waals surface area (Å²) in [6.45, 7) is 10.4. The Morgan fingerprint density at radius 1 is 0.967 bits per heavy atom. The third-order valence-electron chi connectivity index (χ3n) is 6.59. The molecule has 0 bridgehead atoms. The number of nitrogens with zero attached hydrogens (tertiary/aromatic N) is 5. The number of methoxy groups -OCH3 is 1. The van der Waals surface area contributed by atoms with Crippen molar-refractivity contribution in [2.24, 2.45) is 0 Å². The second-order valence-electron chi connectivity index (χ2n) is 8.56. The van der Waals surface area contributed by atoms with Gasteiger partial charge in [0.1, 0.15) is 16.5 Å². The smallest absolute Gasteiger partial charge is 0.146 e. The second kappa shape index (κ2) is 9.44. The van der Waals surface area contributed by atoms with E-state index in [9.17, 15) is 0 Å². The van der Waals surface area contributed by atoms with Gasteiger partial charge >= 0.3 is 0 Å². The van der Waals surface area contributed by atoms with Gasteiger partial charge in [-0.25, -0.2) is 9.97 Å². The lowest BCUT2D eigenvalue weighted by Crippen LogP contribution is -2.47. The van der Waals surface area contributed by atoms with Crippen LogP contribution in [0.25, 0.3) is 10.2 Å². The number of hydrogen-bond donors (Lipinski definition) is 0. The van der Waals surface area contributed by atoms with E-state index in [1.54, 1.807) is 12.0 Å². The molecular weight excluding hydrogens is 398 g/mol. The maximum Gasteiger partial charge on any atom is 0.146 e. The molecule has 0 radical (unpaired) electrons. The first-order valence-electron chi connectivity index (χ1n) is 11.4. The van der Waals surface area contributed by atoms with Crippen LogP contribution in [0.15, 0.2) is 0 Å². The predicted octanol–water partition coefficient (Wildman–Crippen LogP) is 2.17. The van der Waals surface area contributed by atoms with Gasteiger partial charge in [-0.15, -0.1) is 11.3 Å². The predicted molar refractivity (Wildman–Crippen MR) is 121 cm³/mol. The number of aryl methyl sites for hydroxylation is 2. The summed E-state index contributed by atoms with van der Waals surface area (Å²) in [6, 6.07) is 0. The van der Waals surface area contributed by atoms with Crippen LogP contribution in [-0.2, 0) is 28.9 Å². The average molecular weight is 432 g/mol. The number of ether oxygens (including phenoxy) is 2. The summed E-state index contributed by atoms with van der Waals surface area (Å²) < 4.78 is 10.8. The summed E-state index contributed by atoms with van der Waals surface area (Å²) >= 11 is 1.92. The molecule has 0 atom stereocenters. The number of aromatic nitrogens is 2. The summed E-state index contributed by atoms with van der Waals surface area (Å²) in [5, 5.41) is 1.35. The minimum absolute atomic E-state index is 0.805. The lowest BCUT2D eigenvalue weighted by Gasteiger charge is -2.36. The molecule has 0 N–H and O–H groups in total. The van der Waals surface area contributed by atoms with E-state index in [0.717, 1.165) is 78.0 Å². The van der Waals surface area contributed by atoms with Gasteiger partial charge in [0.25, 0.3) is 0 Å². The third kappa shape index (κ3) is 4.34. The minimum Gasteiger partial charge on any atom is -0.383 e. The summed E-state index contributed by atoms with van der Waals surface area (Å²) in [5.74, 6) is 2.16. The highest BCUT2D eigenvalue weighted by atomic mass is 32.1. The quantitative estimate of drug-likeness (QED) is 0.695. The van der Waals surface area contributed by atoms with E-state index >= 15 is 0 Å². The molecule has 1 aliphatic carbocycles. The van der Waals surface area contributed by atoms with Gasteiger partial charge < -0.3 is 14.4 Å². The van der Waals surface area contributed by atoms with Crippen molar-refractivity contribution in [1.29, 1.82) is 0 Å². The van der Waals surface area contributed by atoms with Crippen LogP contribution >= 0.6 is 11.3 Å². The molecule has 0 saturated carbocycles. The van der Waals surface area contributed by atoms with Crippen LogP contribution in [0.3, 0.4) is 0 Å². The molecule has 2 aliphatic heterocycles. The van der Waals surface area contributed by atoms with Gasteiger partial charge in [0.15, 0.2) is 0 Å². The molecule has 2 fully saturated rings. The minimum atomic E-state index is 0.805. The highest BCUT2D eigenvalue weighted by molar-refractivity contribution is 7.19. The number of hydrogen-bond acceptors (Lipinski definition) is 8. The van der Waals surface area contributed by atoms with Crippen LogP contribution in [0.2, 0.25) is 0 Å². The molecule has 4 heterocycles. The topological polar surface area (TPSA) is 54.0 Å². The molecule has 2 aromatic heterocycles. The van der Waals surface area contributed by atoms with E-state index in [-0.39, 0.29) is 0 Å². The zero-order valence-electron chi connectivity index (χ0n) is 18.1. The molecule has 3 aliphatic rings. The van der Waals surface area contributed by atoms with Crippen molar-refractivity contribution in [3.8, 4) is 0 Å². The van der Waals surface area contributed by atoms with Crippen molar-refractivity contribution in [3.63, 3.8) is 0 Å². The van der Waals surface area contributed by atoms with Crippen molar-refractivity contribution in [2.45, 2.75) is 32.2 Å². The molecule has 2 aromatic rings. The molecule has 8 heteroatoms. The Hall–Kier alpha value is -1.32. The highest BCUT2D eigenvalue weighted by Gasteiger charge is 2.26. The van der Waals surface area contributed by atoms with Crippen LogP contribution in [0.1, 0.15) is 29.1 Å². The normalized spacial score (nSPS) is 21.3. The van der Waals surface area contributed by atoms with Crippen molar-refractivity contribution >= 4 is 27.4 Å². The Balaban J connectivity index is 1.44. The van der Waals surface area contributed by atoms with Crippen molar-refractivity contribution in [3.05, 3.63) is 16.3 Å². The molecular formula is C22H33N5O2S. The van der Waals surface area contributed by atoms with Crippen molar-refractivity contribution in [1.82, 2.24) is 19.8 Å². The van der Waals surface area contributed by atoms with Crippen LogP contribution < -0.4 is 4.90 Å². The first-order valence-corrected chi connectivity index (χ1v) is 12.2. The SMILES string of the molecule is COCCN1CCN(c2nc(CN3CCOCC3)nc3sc4c(c23)CCCC4)CC1. The van der Waals surface area contributed by atoms with Gasteiger partial charge in [-0.2, -0.15) is 0 Å². The molecule has 0 spiro atoms. The lowest BCUT2D eigenvalue weighted by atomic mass is 9.97. The summed E-state index contributed by atoms with van der Waals surface area (Å²) in [7, 11) is 1.78. The van der Waals surface area contributed by atoms with E-state index in [0.29, 0.717) is 0 Å². The molecule has 164 valence electrons. The fourth-order valence-electron chi connectivity index (χ4n) is 4.84. The Morgan fingerprint density at radius 2 is 1.77 bits per heavy atom. The van der Waals surface area contributed by atoms with E-state index in [4.69, 9.17) is 19.4 Å². The average Bonchev–Trinajstić information content (AvgIpc) is 3.16. The summed E-state index contributed by atoms with van der Waals surface area (Å²) in [5.41, 5.74) is 1.54. The molecule has 2 saturated heterocycles. The number of piperazine rings is 1. The van der Waals surface area contributed by atoms with E-state index in [2.05, 4.69) is 14.7 Å². The highest BCUT2D eigenvalue weighted by Crippen LogP contribution is 2.40. The number of rotatable bonds is 6. The van der Waals surface area contributed by atoms with Gasteiger partial charge in [0.05, 0.1) is 31.8 Å². The summed E-state index contributed by atoms with van der Waals surface area (Å²) in [6.07, 6.45) is 4.99. The van der Waals surface area contributed by atoms with Crippen LogP contribution in [0.4, 0.5) is 5.82 Å². The van der Waals surface area contributed by atoms with Crippen molar-refractivity contribution in [2.75, 3.05) is 77.6 Å². The zero-order valence-corrected chi connectivity index (χ0v) is 18.9. The number of thiophene rings is 1. The second-order valence-corrected chi connectivity index (χ2v) is 9.65. The molecule has 7 nitrogen and oxygen atoms in total. The fourth-order valence-corrected chi connectivity index (χ4v) is 6.12. The van der Waals surface area contributed by atoms with Gasteiger partial charge in [-0.05, 0) is 31.2 Å². The monoisotopic (exact) mass is 431 g/mol. The van der Waals surface area contributed by atoms with Gasteiger partial charge in [-0.3, -0.25) is 9.80 Å². The Bertz CT molecular complexity index is 859. The summed E-state index contributed by atoms with van der Waals surface area (Å²) in [4.78, 5) is 20.4. The van der Waals surface area contributed by atoms with Gasteiger partial charge in [-0.1, -0.05) is 0 Å². The zero-order chi connectivity index (χ0) is 20.3. The molecule has 5 rings (SSSR count). The molecule has 0 amide bonds. The Kier molecular flexibility index (Phi) is 6.48. The molecule has 0 unspecified atom stereocenters. The third-order valence-corrected chi connectivity index (χ3v) is 7.78. The van der Waals surface area contributed by atoms with Crippen LogP contribution in [0.5, 0.6) is 0 Å². The first-order chi connectivity index (χ1) is 14.8. The number of anilines is 1. The van der Waals surface area contributed by atoms with Gasteiger partial charge in [0, 0.05) is 57.8 Å². The van der Waals surface area contributed by atoms with E-state index < -0.39 is 0 Å². The standard InChI is InChI=1S/C22H33N5O2S/c1-28-13-10-25-6-8-27(9-7-25)21-20-17-4-2-3-5-18(17)30-22(20)24-19(23-21)16-26-11-14-29-15-12-26/h2-16H2,1H3. The molecule has 0 aromatic carbocycles. The Morgan fingerprint density at radius 3 is 2.57 bits per heavy atom. The Labute approximate surface area is 183 Å². The first kappa shape index (κ1) is 20.6. The lowest BCUT2D eigenvalue weighted by molar-refractivity contribution is 0.0331.